The van der Waals surface area contributed by atoms with Crippen molar-refractivity contribution in [2.75, 3.05) is 18.4 Å². The average Bonchev–Trinajstić information content (AvgIpc) is 3.03. The summed E-state index contributed by atoms with van der Waals surface area (Å²) >= 11 is 6.26. The molecular formula is C18H19ClN4O2. The summed E-state index contributed by atoms with van der Waals surface area (Å²) in [5.41, 5.74) is 1.72. The van der Waals surface area contributed by atoms with Crippen molar-refractivity contribution in [1.29, 1.82) is 0 Å². The van der Waals surface area contributed by atoms with Gasteiger partial charge in [0, 0.05) is 44.1 Å². The first kappa shape index (κ1) is 17.4. The first-order valence-electron chi connectivity index (χ1n) is 8.05. The second-order valence-corrected chi connectivity index (χ2v) is 6.36. The maximum absolute atomic E-state index is 10.6. The standard InChI is InChI=1S/C18H19ClN4O2/c19-16-9-13(4-5-17(24)25)10-21-18(16)22-15-6-8-23(12-15)11-14-3-1-2-7-20-14/h1-5,7,9-10,15H,6,8,11-12H2,(H,21,22)(H,24,25)/b5-4+. The Kier molecular flexibility index (Phi) is 5.63. The van der Waals surface area contributed by atoms with E-state index >= 15 is 0 Å². The number of nitrogens with zero attached hydrogens (tertiary/aromatic N) is 3. The van der Waals surface area contributed by atoms with Gasteiger partial charge >= 0.3 is 5.97 Å². The van der Waals surface area contributed by atoms with E-state index in [1.165, 1.54) is 6.08 Å². The molecule has 2 aromatic rings. The van der Waals surface area contributed by atoms with Gasteiger partial charge in [-0.25, -0.2) is 9.78 Å². The molecule has 0 bridgehead atoms. The van der Waals surface area contributed by atoms with E-state index < -0.39 is 5.97 Å². The van der Waals surface area contributed by atoms with Gasteiger partial charge in [-0.1, -0.05) is 17.7 Å². The van der Waals surface area contributed by atoms with Crippen LogP contribution in [0.5, 0.6) is 0 Å². The average molecular weight is 359 g/mol. The lowest BCUT2D eigenvalue weighted by molar-refractivity contribution is -0.131. The van der Waals surface area contributed by atoms with Gasteiger partial charge in [0.05, 0.1) is 10.7 Å². The van der Waals surface area contributed by atoms with E-state index in [0.717, 1.165) is 37.8 Å². The Morgan fingerprint density at radius 1 is 1.44 bits per heavy atom. The molecular weight excluding hydrogens is 340 g/mol. The molecule has 1 aliphatic rings. The van der Waals surface area contributed by atoms with Crippen molar-refractivity contribution in [2.45, 2.75) is 19.0 Å². The quantitative estimate of drug-likeness (QED) is 0.773. The van der Waals surface area contributed by atoms with Crippen LogP contribution < -0.4 is 5.32 Å². The van der Waals surface area contributed by atoms with Gasteiger partial charge < -0.3 is 10.4 Å². The van der Waals surface area contributed by atoms with Gasteiger partial charge in [0.15, 0.2) is 0 Å². The van der Waals surface area contributed by atoms with Crippen LogP contribution in [0.1, 0.15) is 17.7 Å². The summed E-state index contributed by atoms with van der Waals surface area (Å²) in [7, 11) is 0. The largest absolute Gasteiger partial charge is 0.478 e. The third-order valence-corrected chi connectivity index (χ3v) is 4.29. The molecule has 0 radical (unpaired) electrons. The highest BCUT2D eigenvalue weighted by atomic mass is 35.5. The van der Waals surface area contributed by atoms with Crippen molar-refractivity contribution in [1.82, 2.24) is 14.9 Å². The van der Waals surface area contributed by atoms with Crippen LogP contribution in [0.25, 0.3) is 6.08 Å². The van der Waals surface area contributed by atoms with Crippen LogP contribution >= 0.6 is 11.6 Å². The smallest absolute Gasteiger partial charge is 0.328 e. The topological polar surface area (TPSA) is 78.3 Å². The highest BCUT2D eigenvalue weighted by molar-refractivity contribution is 6.33. The predicted molar refractivity (Wildman–Crippen MR) is 97.5 cm³/mol. The number of rotatable bonds is 6. The fourth-order valence-electron chi connectivity index (χ4n) is 2.83. The zero-order valence-electron chi connectivity index (χ0n) is 13.6. The highest BCUT2D eigenvalue weighted by Gasteiger charge is 2.23. The fraction of sp³-hybridized carbons (Fsp3) is 0.278. The summed E-state index contributed by atoms with van der Waals surface area (Å²) in [4.78, 5) is 21.6. The van der Waals surface area contributed by atoms with Crippen molar-refractivity contribution in [2.24, 2.45) is 0 Å². The molecule has 2 aromatic heterocycles. The molecule has 1 unspecified atom stereocenters. The summed E-state index contributed by atoms with van der Waals surface area (Å²) in [6, 6.07) is 7.92. The van der Waals surface area contributed by atoms with Gasteiger partial charge in [0.1, 0.15) is 5.82 Å². The minimum absolute atomic E-state index is 0.272. The lowest BCUT2D eigenvalue weighted by atomic mass is 10.2. The first-order valence-corrected chi connectivity index (χ1v) is 8.43. The van der Waals surface area contributed by atoms with Crippen molar-refractivity contribution < 1.29 is 9.90 Å². The fourth-order valence-corrected chi connectivity index (χ4v) is 3.06. The summed E-state index contributed by atoms with van der Waals surface area (Å²) in [6.45, 7) is 2.72. The number of aliphatic carboxylic acids is 1. The van der Waals surface area contributed by atoms with Crippen LogP contribution in [0.3, 0.4) is 0 Å². The first-order chi connectivity index (χ1) is 12.1. The molecule has 0 aromatic carbocycles. The van der Waals surface area contributed by atoms with Crippen LogP contribution in [0.15, 0.2) is 42.7 Å². The molecule has 7 heteroatoms. The molecule has 3 heterocycles. The molecule has 0 aliphatic carbocycles. The Hall–Kier alpha value is -2.44. The Bertz CT molecular complexity index is 767. The number of likely N-dealkylation sites (tertiary alicyclic amines) is 1. The normalized spacial score (nSPS) is 17.9. The van der Waals surface area contributed by atoms with Crippen LogP contribution in [-0.4, -0.2) is 45.1 Å². The number of nitrogens with one attached hydrogen (secondary N) is 1. The van der Waals surface area contributed by atoms with E-state index in [0.29, 0.717) is 16.4 Å². The third-order valence-electron chi connectivity index (χ3n) is 4.01. The number of carbonyl (C=O) groups is 1. The van der Waals surface area contributed by atoms with E-state index in [-0.39, 0.29) is 6.04 Å². The lowest BCUT2D eigenvalue weighted by Crippen LogP contribution is -2.26. The summed E-state index contributed by atoms with van der Waals surface area (Å²) in [6.07, 6.45) is 6.95. The maximum atomic E-state index is 10.6. The number of hydrogen-bond acceptors (Lipinski definition) is 5. The molecule has 25 heavy (non-hydrogen) atoms. The van der Waals surface area contributed by atoms with E-state index in [9.17, 15) is 4.79 Å². The number of hydrogen-bond donors (Lipinski definition) is 2. The highest BCUT2D eigenvalue weighted by Crippen LogP contribution is 2.24. The molecule has 1 atom stereocenters. The summed E-state index contributed by atoms with van der Waals surface area (Å²) < 4.78 is 0. The monoisotopic (exact) mass is 358 g/mol. The molecule has 1 aliphatic heterocycles. The van der Waals surface area contributed by atoms with Crippen LogP contribution in [0.2, 0.25) is 5.02 Å². The minimum Gasteiger partial charge on any atom is -0.478 e. The van der Waals surface area contributed by atoms with Gasteiger partial charge in [0.2, 0.25) is 0 Å². The number of carboxylic acids is 1. The van der Waals surface area contributed by atoms with Gasteiger partial charge in [-0.15, -0.1) is 0 Å². The summed E-state index contributed by atoms with van der Waals surface area (Å²) in [5, 5.41) is 12.5. The van der Waals surface area contributed by atoms with E-state index in [4.69, 9.17) is 16.7 Å². The van der Waals surface area contributed by atoms with E-state index in [1.54, 1.807) is 12.3 Å². The van der Waals surface area contributed by atoms with Gasteiger partial charge in [-0.2, -0.15) is 0 Å². The van der Waals surface area contributed by atoms with Crippen LogP contribution in [0.4, 0.5) is 5.82 Å². The Labute approximate surface area is 151 Å². The number of aromatic nitrogens is 2. The predicted octanol–water partition coefficient (Wildman–Crippen LogP) is 2.91. The van der Waals surface area contributed by atoms with E-state index in [2.05, 4.69) is 20.2 Å². The molecule has 1 fully saturated rings. The van der Waals surface area contributed by atoms with Gasteiger partial charge in [0.25, 0.3) is 0 Å². The van der Waals surface area contributed by atoms with Crippen LogP contribution in [-0.2, 0) is 11.3 Å². The maximum Gasteiger partial charge on any atom is 0.328 e. The second-order valence-electron chi connectivity index (χ2n) is 5.96. The Morgan fingerprint density at radius 2 is 2.32 bits per heavy atom. The number of pyridine rings is 2. The molecule has 2 N–H and O–H groups in total. The van der Waals surface area contributed by atoms with Crippen molar-refractivity contribution in [3.05, 3.63) is 59.0 Å². The Morgan fingerprint density at radius 3 is 3.04 bits per heavy atom. The number of anilines is 1. The molecule has 6 nitrogen and oxygen atoms in total. The van der Waals surface area contributed by atoms with Gasteiger partial charge in [-0.05, 0) is 36.3 Å². The zero-order chi connectivity index (χ0) is 17.6. The van der Waals surface area contributed by atoms with Crippen molar-refractivity contribution in [3.63, 3.8) is 0 Å². The Balaban J connectivity index is 1.57. The minimum atomic E-state index is -1.00. The van der Waals surface area contributed by atoms with E-state index in [1.807, 2.05) is 24.4 Å². The number of halogens is 1. The number of carboxylic acid groups (broad SMARTS) is 1. The molecule has 130 valence electrons. The molecule has 0 spiro atoms. The van der Waals surface area contributed by atoms with Crippen LogP contribution in [0, 0.1) is 0 Å². The molecule has 0 saturated carbocycles. The molecule has 1 saturated heterocycles. The third kappa shape index (κ3) is 5.01. The van der Waals surface area contributed by atoms with Crippen molar-refractivity contribution in [3.8, 4) is 0 Å². The van der Waals surface area contributed by atoms with Gasteiger partial charge in [-0.3, -0.25) is 9.88 Å². The SMILES string of the molecule is O=C(O)/C=C/c1cnc(NC2CCN(Cc3ccccn3)C2)c(Cl)c1. The molecule has 0 amide bonds. The zero-order valence-corrected chi connectivity index (χ0v) is 14.4. The lowest BCUT2D eigenvalue weighted by Gasteiger charge is -2.17. The summed E-state index contributed by atoms with van der Waals surface area (Å²) in [5.74, 6) is -0.379. The van der Waals surface area contributed by atoms with Crippen molar-refractivity contribution >= 4 is 29.5 Å². The second kappa shape index (κ2) is 8.09. The molecule has 3 rings (SSSR count).